The molecule has 0 saturated heterocycles. The average Bonchev–Trinajstić information content (AvgIpc) is 2.15. The first-order chi connectivity index (χ1) is 6.49. The van der Waals surface area contributed by atoms with E-state index in [1.165, 1.54) is 12.1 Å². The van der Waals surface area contributed by atoms with Crippen LogP contribution in [-0.2, 0) is 6.18 Å². The zero-order valence-electron chi connectivity index (χ0n) is 6.76. The highest BCUT2D eigenvalue weighted by atomic mass is 19.4. The van der Waals surface area contributed by atoms with Crippen molar-refractivity contribution in [2.24, 2.45) is 0 Å². The van der Waals surface area contributed by atoms with Gasteiger partial charge in [-0.05, 0) is 18.2 Å². The van der Waals surface area contributed by atoms with Crippen molar-refractivity contribution in [2.45, 2.75) is 6.18 Å². The van der Waals surface area contributed by atoms with Gasteiger partial charge in [-0.2, -0.15) is 18.4 Å². The van der Waals surface area contributed by atoms with Gasteiger partial charge in [0.1, 0.15) is 0 Å². The van der Waals surface area contributed by atoms with Crippen molar-refractivity contribution in [3.05, 3.63) is 29.3 Å². The van der Waals surface area contributed by atoms with E-state index in [9.17, 15) is 13.2 Å². The third-order valence-corrected chi connectivity index (χ3v) is 1.57. The van der Waals surface area contributed by atoms with E-state index in [2.05, 4.69) is 0 Å². The number of nitrogens with one attached hydrogen (secondary N) is 1. The summed E-state index contributed by atoms with van der Waals surface area (Å²) in [6, 6.07) is 4.25. The van der Waals surface area contributed by atoms with Crippen molar-refractivity contribution in [1.29, 1.82) is 5.26 Å². The molecule has 0 aliphatic rings. The first-order valence-corrected chi connectivity index (χ1v) is 3.50. The first-order valence-electron chi connectivity index (χ1n) is 3.50. The van der Waals surface area contributed by atoms with Crippen LogP contribution in [0.25, 0.3) is 0 Å². The number of benzene rings is 1. The minimum absolute atomic E-state index is 0.115. The van der Waals surface area contributed by atoms with Gasteiger partial charge in [0, 0.05) is 0 Å². The van der Waals surface area contributed by atoms with Gasteiger partial charge in [-0.25, -0.2) is 0 Å². The molecule has 0 fully saturated rings. The van der Waals surface area contributed by atoms with Crippen LogP contribution >= 0.6 is 0 Å². The third kappa shape index (κ3) is 1.95. The predicted molar refractivity (Wildman–Crippen MR) is 41.6 cm³/mol. The molecule has 14 heavy (non-hydrogen) atoms. The summed E-state index contributed by atoms with van der Waals surface area (Å²) in [5.74, 6) is 0. The van der Waals surface area contributed by atoms with Gasteiger partial charge in [0.05, 0.1) is 22.9 Å². The number of nitriles is 1. The molecule has 0 radical (unpaired) electrons. The van der Waals surface area contributed by atoms with Crippen LogP contribution in [0.1, 0.15) is 11.1 Å². The Hall–Kier alpha value is -1.74. The molecule has 0 aliphatic carbocycles. The zero-order valence-corrected chi connectivity index (χ0v) is 6.76. The second-order valence-electron chi connectivity index (χ2n) is 2.48. The highest BCUT2D eigenvalue weighted by Gasteiger charge is 2.33. The molecule has 6 heteroatoms. The molecule has 2 N–H and O–H groups in total. The highest BCUT2D eigenvalue weighted by Crippen LogP contribution is 2.33. The summed E-state index contributed by atoms with van der Waals surface area (Å²) in [7, 11) is 0. The van der Waals surface area contributed by atoms with Gasteiger partial charge in [0.2, 0.25) is 0 Å². The first kappa shape index (κ1) is 10.3. The molecule has 1 aromatic carbocycles. The molecule has 0 saturated carbocycles. The summed E-state index contributed by atoms with van der Waals surface area (Å²) < 4.78 is 36.9. The Kier molecular flexibility index (Phi) is 2.63. The van der Waals surface area contributed by atoms with Crippen LogP contribution in [0.15, 0.2) is 18.2 Å². The van der Waals surface area contributed by atoms with Gasteiger partial charge in [-0.3, -0.25) is 10.7 Å². The van der Waals surface area contributed by atoms with E-state index >= 15 is 0 Å². The molecule has 0 aliphatic heterocycles. The molecular weight excluding hydrogens is 197 g/mol. The summed E-state index contributed by atoms with van der Waals surface area (Å²) in [5, 5.41) is 16.8. The largest absolute Gasteiger partial charge is 0.417 e. The van der Waals surface area contributed by atoms with Gasteiger partial charge in [0.25, 0.3) is 0 Å². The maximum atomic E-state index is 12.3. The lowest BCUT2D eigenvalue weighted by Crippen LogP contribution is -2.08. The lowest BCUT2D eigenvalue weighted by Gasteiger charge is -2.09. The number of rotatable bonds is 1. The van der Waals surface area contributed by atoms with Gasteiger partial charge >= 0.3 is 6.18 Å². The molecule has 74 valence electrons. The number of nitrogens with zero attached hydrogens (tertiary/aromatic N) is 1. The fourth-order valence-corrected chi connectivity index (χ4v) is 0.946. The Morgan fingerprint density at radius 1 is 1.36 bits per heavy atom. The molecule has 0 atom stereocenters. The SMILES string of the molecule is N#Cc1ccc(NO)cc1C(F)(F)F. The lowest BCUT2D eigenvalue weighted by molar-refractivity contribution is -0.137. The summed E-state index contributed by atoms with van der Waals surface area (Å²) in [6.07, 6.45) is -4.60. The van der Waals surface area contributed by atoms with Crippen LogP contribution in [0.2, 0.25) is 0 Å². The average molecular weight is 202 g/mol. The Morgan fingerprint density at radius 3 is 2.43 bits per heavy atom. The Balaban J connectivity index is 3.31. The van der Waals surface area contributed by atoms with Crippen LogP contribution in [-0.4, -0.2) is 5.21 Å². The highest BCUT2D eigenvalue weighted by molar-refractivity contribution is 5.51. The van der Waals surface area contributed by atoms with Gasteiger partial charge in [-0.15, -0.1) is 0 Å². The molecule has 1 rings (SSSR count). The molecule has 0 aromatic heterocycles. The topological polar surface area (TPSA) is 56.0 Å². The molecule has 0 spiro atoms. The summed E-state index contributed by atoms with van der Waals surface area (Å²) in [5.41, 5.74) is -0.0790. The van der Waals surface area contributed by atoms with Crippen molar-refractivity contribution in [3.8, 4) is 6.07 Å². The van der Waals surface area contributed by atoms with E-state index in [1.807, 2.05) is 0 Å². The molecule has 3 nitrogen and oxygen atoms in total. The summed E-state index contributed by atoms with van der Waals surface area (Å²) in [4.78, 5) is 0. The minimum Gasteiger partial charge on any atom is -0.291 e. The number of halogens is 3. The van der Waals surface area contributed by atoms with Crippen molar-refractivity contribution in [2.75, 3.05) is 5.48 Å². The van der Waals surface area contributed by atoms with Crippen LogP contribution in [0.5, 0.6) is 0 Å². The smallest absolute Gasteiger partial charge is 0.291 e. The minimum atomic E-state index is -4.60. The number of anilines is 1. The quantitative estimate of drug-likeness (QED) is 0.687. The molecule has 0 amide bonds. The Labute approximate surface area is 77.3 Å². The van der Waals surface area contributed by atoms with Crippen LogP contribution in [0, 0.1) is 11.3 Å². The molecular formula is C8H5F3N2O. The number of hydrogen-bond donors (Lipinski definition) is 2. The van der Waals surface area contributed by atoms with Crippen molar-refractivity contribution in [1.82, 2.24) is 0 Å². The van der Waals surface area contributed by atoms with Gasteiger partial charge in [-0.1, -0.05) is 0 Å². The van der Waals surface area contributed by atoms with E-state index in [0.717, 1.165) is 6.07 Å². The van der Waals surface area contributed by atoms with Crippen LogP contribution in [0.3, 0.4) is 0 Å². The summed E-state index contributed by atoms with van der Waals surface area (Å²) >= 11 is 0. The van der Waals surface area contributed by atoms with E-state index < -0.39 is 17.3 Å². The monoisotopic (exact) mass is 202 g/mol. The second kappa shape index (κ2) is 3.55. The van der Waals surface area contributed by atoms with E-state index in [4.69, 9.17) is 10.5 Å². The summed E-state index contributed by atoms with van der Waals surface area (Å²) in [6.45, 7) is 0. The maximum absolute atomic E-state index is 12.3. The van der Waals surface area contributed by atoms with Crippen LogP contribution in [0.4, 0.5) is 18.9 Å². The van der Waals surface area contributed by atoms with Crippen molar-refractivity contribution >= 4 is 5.69 Å². The Morgan fingerprint density at radius 2 is 2.00 bits per heavy atom. The van der Waals surface area contributed by atoms with Gasteiger partial charge < -0.3 is 0 Å². The van der Waals surface area contributed by atoms with Crippen molar-refractivity contribution in [3.63, 3.8) is 0 Å². The van der Waals surface area contributed by atoms with E-state index in [0.29, 0.717) is 6.07 Å². The molecule has 1 aromatic rings. The zero-order chi connectivity index (χ0) is 10.8. The number of alkyl halides is 3. The second-order valence-corrected chi connectivity index (χ2v) is 2.48. The van der Waals surface area contributed by atoms with Gasteiger partial charge in [0.15, 0.2) is 0 Å². The van der Waals surface area contributed by atoms with Crippen LogP contribution < -0.4 is 5.48 Å². The van der Waals surface area contributed by atoms with E-state index in [-0.39, 0.29) is 5.69 Å². The molecule has 0 unspecified atom stereocenters. The van der Waals surface area contributed by atoms with Crippen molar-refractivity contribution < 1.29 is 18.4 Å². The normalized spacial score (nSPS) is 10.8. The fraction of sp³-hybridized carbons (Fsp3) is 0.125. The lowest BCUT2D eigenvalue weighted by atomic mass is 10.1. The Bertz CT molecular complexity index is 381. The third-order valence-electron chi connectivity index (χ3n) is 1.57. The molecule has 0 bridgehead atoms. The maximum Gasteiger partial charge on any atom is 0.417 e. The fourth-order valence-electron chi connectivity index (χ4n) is 0.946. The predicted octanol–water partition coefficient (Wildman–Crippen LogP) is 2.38. The van der Waals surface area contributed by atoms with E-state index in [1.54, 1.807) is 5.48 Å². The number of hydrogen-bond acceptors (Lipinski definition) is 3. The molecule has 0 heterocycles. The standard InChI is InChI=1S/C8H5F3N2O/c9-8(10,11)7-3-6(13-14)2-1-5(7)4-12/h1-3,13-14H.